The van der Waals surface area contributed by atoms with Crippen molar-refractivity contribution in [3.63, 3.8) is 0 Å². The van der Waals surface area contributed by atoms with E-state index in [9.17, 15) is 9.59 Å². The van der Waals surface area contributed by atoms with E-state index < -0.39 is 0 Å². The van der Waals surface area contributed by atoms with Gasteiger partial charge in [-0.3, -0.25) is 14.2 Å². The molecule has 174 valence electrons. The summed E-state index contributed by atoms with van der Waals surface area (Å²) >= 11 is 2.73. The molecule has 0 aliphatic carbocycles. The maximum Gasteiger partial charge on any atom is 0.268 e. The van der Waals surface area contributed by atoms with Crippen molar-refractivity contribution in [1.82, 2.24) is 14.9 Å². The number of fused-ring (bicyclic) bond motifs is 1. The lowest BCUT2D eigenvalue weighted by molar-refractivity contribution is -0.118. The van der Waals surface area contributed by atoms with Gasteiger partial charge in [0.15, 0.2) is 5.16 Å². The Labute approximate surface area is 211 Å². The standard InChI is InChI=1S/C28H23N3O2S2/c32-24(29-17-16-20-10-4-1-5-11-20)19-35-28-30-26-25(23(18-34-26)21-12-6-2-7-13-21)27(33)31(28)22-14-8-3-9-15-22/h1-15,18H,16-17,19H2,(H,29,32). The van der Waals surface area contributed by atoms with E-state index in [0.29, 0.717) is 21.9 Å². The van der Waals surface area contributed by atoms with Crippen molar-refractivity contribution in [3.05, 3.63) is 112 Å². The molecule has 0 aliphatic rings. The number of nitrogens with one attached hydrogen (secondary N) is 1. The maximum absolute atomic E-state index is 13.8. The predicted molar refractivity (Wildman–Crippen MR) is 145 cm³/mol. The Balaban J connectivity index is 1.42. The Kier molecular flexibility index (Phi) is 7.07. The number of thiophene rings is 1. The molecule has 2 aromatic heterocycles. The van der Waals surface area contributed by atoms with Crippen molar-refractivity contribution in [2.24, 2.45) is 0 Å². The lowest BCUT2D eigenvalue weighted by atomic mass is 10.1. The molecule has 0 fully saturated rings. The third kappa shape index (κ3) is 5.21. The highest BCUT2D eigenvalue weighted by Gasteiger charge is 2.19. The molecule has 0 aliphatic heterocycles. The van der Waals surface area contributed by atoms with Gasteiger partial charge < -0.3 is 5.32 Å². The van der Waals surface area contributed by atoms with Gasteiger partial charge in [-0.15, -0.1) is 11.3 Å². The molecule has 3 aromatic carbocycles. The zero-order chi connectivity index (χ0) is 24.0. The molecule has 5 nitrogen and oxygen atoms in total. The van der Waals surface area contributed by atoms with Crippen molar-refractivity contribution in [2.75, 3.05) is 12.3 Å². The number of thioether (sulfide) groups is 1. The molecule has 0 saturated carbocycles. The molecule has 1 amide bonds. The Bertz CT molecular complexity index is 1500. The van der Waals surface area contributed by atoms with Crippen LogP contribution in [0.5, 0.6) is 0 Å². The van der Waals surface area contributed by atoms with E-state index in [-0.39, 0.29) is 17.2 Å². The molecule has 5 rings (SSSR count). The maximum atomic E-state index is 13.8. The quantitative estimate of drug-likeness (QED) is 0.225. The number of carbonyl (C=O) groups excluding carboxylic acids is 1. The second-order valence-corrected chi connectivity index (χ2v) is 9.74. The molecule has 5 aromatic rings. The van der Waals surface area contributed by atoms with Gasteiger partial charge in [-0.25, -0.2) is 4.98 Å². The summed E-state index contributed by atoms with van der Waals surface area (Å²) in [6, 6.07) is 29.4. The van der Waals surface area contributed by atoms with Gasteiger partial charge in [0.2, 0.25) is 5.91 Å². The highest BCUT2D eigenvalue weighted by molar-refractivity contribution is 7.99. The van der Waals surface area contributed by atoms with Gasteiger partial charge in [0, 0.05) is 17.5 Å². The Morgan fingerprint density at radius 3 is 2.29 bits per heavy atom. The number of para-hydroxylation sites is 1. The number of amides is 1. The zero-order valence-corrected chi connectivity index (χ0v) is 20.5. The fourth-order valence-corrected chi connectivity index (χ4v) is 5.71. The van der Waals surface area contributed by atoms with E-state index in [1.54, 1.807) is 4.57 Å². The highest BCUT2D eigenvalue weighted by Crippen LogP contribution is 2.32. The molecule has 0 saturated heterocycles. The number of benzene rings is 3. The first-order valence-corrected chi connectivity index (χ1v) is 13.2. The van der Waals surface area contributed by atoms with Crippen molar-refractivity contribution in [2.45, 2.75) is 11.6 Å². The van der Waals surface area contributed by atoms with Crippen molar-refractivity contribution in [1.29, 1.82) is 0 Å². The number of hydrogen-bond donors (Lipinski definition) is 1. The molecular weight excluding hydrogens is 474 g/mol. The monoisotopic (exact) mass is 497 g/mol. The molecule has 2 heterocycles. The van der Waals surface area contributed by atoms with E-state index in [1.807, 2.05) is 96.4 Å². The molecule has 7 heteroatoms. The number of aromatic nitrogens is 2. The lowest BCUT2D eigenvalue weighted by Crippen LogP contribution is -2.28. The minimum absolute atomic E-state index is 0.0870. The van der Waals surface area contributed by atoms with Crippen molar-refractivity contribution in [3.8, 4) is 16.8 Å². The first-order chi connectivity index (χ1) is 17.2. The smallest absolute Gasteiger partial charge is 0.268 e. The first-order valence-electron chi connectivity index (χ1n) is 11.3. The summed E-state index contributed by atoms with van der Waals surface area (Å²) in [6.07, 6.45) is 0.771. The summed E-state index contributed by atoms with van der Waals surface area (Å²) in [5.74, 6) is 0.0901. The van der Waals surface area contributed by atoms with Crippen LogP contribution in [0, 0.1) is 0 Å². The summed E-state index contributed by atoms with van der Waals surface area (Å²) < 4.78 is 1.61. The first kappa shape index (κ1) is 23.1. The summed E-state index contributed by atoms with van der Waals surface area (Å²) in [5.41, 5.74) is 3.63. The van der Waals surface area contributed by atoms with Gasteiger partial charge in [0.25, 0.3) is 5.56 Å². The fourth-order valence-electron chi connectivity index (χ4n) is 3.88. The van der Waals surface area contributed by atoms with Crippen LogP contribution in [-0.4, -0.2) is 27.8 Å². The second kappa shape index (κ2) is 10.7. The molecule has 0 atom stereocenters. The van der Waals surface area contributed by atoms with Gasteiger partial charge in [-0.05, 0) is 29.7 Å². The van der Waals surface area contributed by atoms with E-state index in [1.165, 1.54) is 28.7 Å². The Morgan fingerprint density at radius 1 is 0.914 bits per heavy atom. The topological polar surface area (TPSA) is 64.0 Å². The fraction of sp³-hybridized carbons (Fsp3) is 0.107. The van der Waals surface area contributed by atoms with Gasteiger partial charge in [0.05, 0.1) is 16.8 Å². The van der Waals surface area contributed by atoms with Crippen LogP contribution in [0.25, 0.3) is 27.0 Å². The van der Waals surface area contributed by atoms with Crippen LogP contribution >= 0.6 is 23.1 Å². The van der Waals surface area contributed by atoms with Crippen LogP contribution in [0.15, 0.2) is 106 Å². The number of nitrogens with zero attached hydrogens (tertiary/aromatic N) is 2. The normalized spacial score (nSPS) is 11.0. The molecule has 35 heavy (non-hydrogen) atoms. The number of hydrogen-bond acceptors (Lipinski definition) is 5. The Morgan fingerprint density at radius 2 is 1.57 bits per heavy atom. The van der Waals surface area contributed by atoms with Crippen LogP contribution in [0.3, 0.4) is 0 Å². The van der Waals surface area contributed by atoms with Gasteiger partial charge in [0.1, 0.15) is 4.83 Å². The predicted octanol–water partition coefficient (Wildman–Crippen LogP) is 5.57. The minimum Gasteiger partial charge on any atom is -0.355 e. The molecule has 0 radical (unpaired) electrons. The van der Waals surface area contributed by atoms with E-state index in [4.69, 9.17) is 4.98 Å². The molecule has 0 unspecified atom stereocenters. The third-order valence-electron chi connectivity index (χ3n) is 5.59. The summed E-state index contributed by atoms with van der Waals surface area (Å²) in [7, 11) is 0. The van der Waals surface area contributed by atoms with Crippen LogP contribution in [0.4, 0.5) is 0 Å². The molecule has 0 bridgehead atoms. The van der Waals surface area contributed by atoms with Crippen molar-refractivity contribution < 1.29 is 4.79 Å². The number of carbonyl (C=O) groups is 1. The molecule has 0 spiro atoms. The van der Waals surface area contributed by atoms with Crippen LogP contribution in [-0.2, 0) is 11.2 Å². The third-order valence-corrected chi connectivity index (χ3v) is 7.40. The van der Waals surface area contributed by atoms with Crippen molar-refractivity contribution >= 4 is 39.2 Å². The molecule has 1 N–H and O–H groups in total. The zero-order valence-electron chi connectivity index (χ0n) is 18.9. The number of rotatable bonds is 8. The summed E-state index contributed by atoms with van der Waals surface area (Å²) in [4.78, 5) is 31.8. The van der Waals surface area contributed by atoms with Gasteiger partial charge >= 0.3 is 0 Å². The average Bonchev–Trinajstić information content (AvgIpc) is 3.34. The van der Waals surface area contributed by atoms with Crippen LogP contribution in [0.2, 0.25) is 0 Å². The lowest BCUT2D eigenvalue weighted by Gasteiger charge is -2.13. The largest absolute Gasteiger partial charge is 0.355 e. The van der Waals surface area contributed by atoms with E-state index in [2.05, 4.69) is 5.32 Å². The minimum atomic E-state index is -0.131. The van der Waals surface area contributed by atoms with Crippen LogP contribution < -0.4 is 10.9 Å². The van der Waals surface area contributed by atoms with E-state index in [0.717, 1.165) is 23.2 Å². The second-order valence-electron chi connectivity index (χ2n) is 7.94. The highest BCUT2D eigenvalue weighted by atomic mass is 32.2. The van der Waals surface area contributed by atoms with Crippen LogP contribution in [0.1, 0.15) is 5.56 Å². The van der Waals surface area contributed by atoms with Gasteiger partial charge in [-0.2, -0.15) is 0 Å². The van der Waals surface area contributed by atoms with E-state index >= 15 is 0 Å². The SMILES string of the molecule is O=C(CSc1nc2scc(-c3ccccc3)c2c(=O)n1-c1ccccc1)NCCc1ccccc1. The van der Waals surface area contributed by atoms with Gasteiger partial charge in [-0.1, -0.05) is 90.6 Å². The Hall–Kier alpha value is -3.68. The average molecular weight is 498 g/mol. The summed E-state index contributed by atoms with van der Waals surface area (Å²) in [5, 5.41) is 6.05. The molecular formula is C28H23N3O2S2. The summed E-state index contributed by atoms with van der Waals surface area (Å²) in [6.45, 7) is 0.562.